The highest BCUT2D eigenvalue weighted by Gasteiger charge is 2.16. The van der Waals surface area contributed by atoms with Crippen LogP contribution in [0.25, 0.3) is 11.0 Å². The fourth-order valence-electron chi connectivity index (χ4n) is 2.68. The summed E-state index contributed by atoms with van der Waals surface area (Å²) in [6, 6.07) is 3.13. The number of likely N-dealkylation sites (N-methyl/N-ethyl adjacent to an activating group) is 1. The zero-order chi connectivity index (χ0) is 16.3. The molecule has 0 aliphatic carbocycles. The first-order valence-electron chi connectivity index (χ1n) is 7.49. The third-order valence-electron chi connectivity index (χ3n) is 4.16. The van der Waals surface area contributed by atoms with Crippen LogP contribution in [0, 0.1) is 6.92 Å². The van der Waals surface area contributed by atoms with E-state index in [4.69, 9.17) is 4.42 Å². The maximum Gasteiger partial charge on any atom is 0.339 e. The Kier molecular flexibility index (Phi) is 6.79. The second-order valence-corrected chi connectivity index (χ2v) is 5.26. The second-order valence-electron chi connectivity index (χ2n) is 5.26. The van der Waals surface area contributed by atoms with Gasteiger partial charge in [-0.2, -0.15) is 0 Å². The van der Waals surface area contributed by atoms with E-state index in [1.165, 1.54) is 6.07 Å². The molecule has 2 aromatic rings. The third kappa shape index (κ3) is 3.74. The lowest BCUT2D eigenvalue weighted by molar-refractivity contribution is 0.112. The lowest BCUT2D eigenvalue weighted by Crippen LogP contribution is -2.27. The number of rotatable bonds is 6. The molecule has 0 atom stereocenters. The Balaban J connectivity index is 0.00000264. The van der Waals surface area contributed by atoms with Crippen molar-refractivity contribution in [2.45, 2.75) is 27.2 Å². The Bertz CT molecular complexity index is 750. The molecule has 0 spiro atoms. The van der Waals surface area contributed by atoms with Crippen LogP contribution < -0.4 is 5.63 Å². The summed E-state index contributed by atoms with van der Waals surface area (Å²) in [5, 5.41) is 10.4. The number of phenolic OH excluding ortho intramolecular Hbond substituents is 1. The molecule has 0 saturated carbocycles. The SMILES string of the molecule is CCN(CC)CCc1c(C)c2ccc(O)c(C=O)c2oc1=O.Cl. The van der Waals surface area contributed by atoms with Gasteiger partial charge in [-0.05, 0) is 44.1 Å². The Hall–Kier alpha value is -1.85. The molecule has 0 amide bonds. The highest BCUT2D eigenvalue weighted by Crippen LogP contribution is 2.28. The van der Waals surface area contributed by atoms with Crippen molar-refractivity contribution in [2.75, 3.05) is 19.6 Å². The monoisotopic (exact) mass is 339 g/mol. The Morgan fingerprint density at radius 3 is 2.48 bits per heavy atom. The van der Waals surface area contributed by atoms with Gasteiger partial charge in [0.25, 0.3) is 0 Å². The largest absolute Gasteiger partial charge is 0.507 e. The van der Waals surface area contributed by atoms with Crippen LogP contribution in [0.5, 0.6) is 5.75 Å². The predicted octanol–water partition coefficient (Wildman–Crippen LogP) is 2.93. The van der Waals surface area contributed by atoms with Gasteiger partial charge in [0.2, 0.25) is 0 Å². The standard InChI is InChI=1S/C17H21NO4.ClH/c1-4-18(5-2)9-8-13-11(3)12-6-7-15(20)14(10-19)16(12)22-17(13)21;/h6-7,10,20H,4-5,8-9H2,1-3H3;1H. The van der Waals surface area contributed by atoms with Crippen molar-refractivity contribution in [3.63, 3.8) is 0 Å². The van der Waals surface area contributed by atoms with E-state index < -0.39 is 5.63 Å². The third-order valence-corrected chi connectivity index (χ3v) is 4.16. The lowest BCUT2D eigenvalue weighted by atomic mass is 10.0. The first-order valence-corrected chi connectivity index (χ1v) is 7.49. The van der Waals surface area contributed by atoms with Crippen molar-refractivity contribution < 1.29 is 14.3 Å². The van der Waals surface area contributed by atoms with Gasteiger partial charge in [-0.3, -0.25) is 4.79 Å². The lowest BCUT2D eigenvalue weighted by Gasteiger charge is -2.18. The fourth-order valence-corrected chi connectivity index (χ4v) is 2.68. The van der Waals surface area contributed by atoms with Crippen LogP contribution in [0.15, 0.2) is 21.3 Å². The predicted molar refractivity (Wildman–Crippen MR) is 93.0 cm³/mol. The molecule has 6 heteroatoms. The summed E-state index contributed by atoms with van der Waals surface area (Å²) in [7, 11) is 0. The van der Waals surface area contributed by atoms with Crippen molar-refractivity contribution in [2.24, 2.45) is 0 Å². The summed E-state index contributed by atoms with van der Waals surface area (Å²) >= 11 is 0. The first-order chi connectivity index (χ1) is 10.5. The molecular formula is C17H22ClNO4. The highest BCUT2D eigenvalue weighted by molar-refractivity contribution is 5.98. The molecule has 1 aromatic carbocycles. The van der Waals surface area contributed by atoms with Gasteiger partial charge in [-0.25, -0.2) is 4.79 Å². The summed E-state index contributed by atoms with van der Waals surface area (Å²) in [6.07, 6.45) is 1.11. The van der Waals surface area contributed by atoms with Crippen molar-refractivity contribution in [3.8, 4) is 5.75 Å². The number of nitrogens with zero attached hydrogens (tertiary/aromatic N) is 1. The number of aromatic hydroxyl groups is 1. The van der Waals surface area contributed by atoms with Gasteiger partial charge >= 0.3 is 5.63 Å². The van der Waals surface area contributed by atoms with E-state index in [0.717, 1.165) is 25.2 Å². The van der Waals surface area contributed by atoms with Crippen molar-refractivity contribution >= 4 is 29.7 Å². The van der Waals surface area contributed by atoms with Gasteiger partial charge in [0, 0.05) is 17.5 Å². The first kappa shape index (κ1) is 19.2. The van der Waals surface area contributed by atoms with E-state index in [1.807, 2.05) is 6.92 Å². The average Bonchev–Trinajstić information content (AvgIpc) is 2.50. The number of hydrogen-bond acceptors (Lipinski definition) is 5. The van der Waals surface area contributed by atoms with Gasteiger partial charge in [0.1, 0.15) is 5.75 Å². The summed E-state index contributed by atoms with van der Waals surface area (Å²) in [5.41, 5.74) is 1.17. The minimum atomic E-state index is -0.439. The molecule has 1 heterocycles. The van der Waals surface area contributed by atoms with Crippen LogP contribution in [0.3, 0.4) is 0 Å². The molecule has 0 bridgehead atoms. The molecule has 0 fully saturated rings. The number of hydrogen-bond donors (Lipinski definition) is 1. The molecule has 0 unspecified atom stereocenters. The minimum absolute atomic E-state index is 0. The number of halogens is 1. The number of carbonyl (C=O) groups is 1. The molecule has 5 nitrogen and oxygen atoms in total. The second kappa shape index (κ2) is 8.13. The zero-order valence-corrected chi connectivity index (χ0v) is 14.4. The Labute approximate surface area is 141 Å². The minimum Gasteiger partial charge on any atom is -0.507 e. The molecule has 0 radical (unpaired) electrons. The number of benzene rings is 1. The van der Waals surface area contributed by atoms with Crippen molar-refractivity contribution in [1.29, 1.82) is 0 Å². The Morgan fingerprint density at radius 2 is 1.91 bits per heavy atom. The molecule has 1 N–H and O–H groups in total. The van der Waals surface area contributed by atoms with E-state index in [1.54, 1.807) is 6.07 Å². The fraction of sp³-hybridized carbons (Fsp3) is 0.412. The highest BCUT2D eigenvalue weighted by atomic mass is 35.5. The van der Waals surface area contributed by atoms with Gasteiger partial charge in [-0.15, -0.1) is 12.4 Å². The molecule has 2 rings (SSSR count). The van der Waals surface area contributed by atoms with Crippen molar-refractivity contribution in [3.05, 3.63) is 39.2 Å². The summed E-state index contributed by atoms with van der Waals surface area (Å²) in [4.78, 5) is 25.6. The summed E-state index contributed by atoms with van der Waals surface area (Å²) < 4.78 is 5.31. The van der Waals surface area contributed by atoms with Gasteiger partial charge < -0.3 is 14.4 Å². The summed E-state index contributed by atoms with van der Waals surface area (Å²) in [6.45, 7) is 8.65. The van der Waals surface area contributed by atoms with Crippen LogP contribution in [-0.4, -0.2) is 35.9 Å². The van der Waals surface area contributed by atoms with Crippen LogP contribution in [0.1, 0.15) is 35.3 Å². The molecule has 1 aromatic heterocycles. The van der Waals surface area contributed by atoms with Crippen LogP contribution in [-0.2, 0) is 6.42 Å². The van der Waals surface area contributed by atoms with E-state index in [0.29, 0.717) is 23.7 Å². The number of aldehydes is 1. The maximum absolute atomic E-state index is 12.2. The normalized spacial score (nSPS) is 10.8. The molecule has 23 heavy (non-hydrogen) atoms. The van der Waals surface area contributed by atoms with E-state index in [9.17, 15) is 14.7 Å². The average molecular weight is 340 g/mol. The van der Waals surface area contributed by atoms with E-state index in [-0.39, 0.29) is 29.3 Å². The molecule has 0 saturated heterocycles. The molecule has 126 valence electrons. The van der Waals surface area contributed by atoms with Gasteiger partial charge in [0.15, 0.2) is 11.9 Å². The molecule has 0 aliphatic heterocycles. The maximum atomic E-state index is 12.2. The smallest absolute Gasteiger partial charge is 0.339 e. The van der Waals surface area contributed by atoms with Crippen LogP contribution >= 0.6 is 12.4 Å². The van der Waals surface area contributed by atoms with Crippen LogP contribution in [0.4, 0.5) is 0 Å². The van der Waals surface area contributed by atoms with Gasteiger partial charge in [0.05, 0.1) is 5.56 Å². The molecular weight excluding hydrogens is 318 g/mol. The summed E-state index contributed by atoms with van der Waals surface area (Å²) in [5.74, 6) is -0.180. The topological polar surface area (TPSA) is 70.8 Å². The molecule has 0 aliphatic rings. The number of phenols is 1. The van der Waals surface area contributed by atoms with Gasteiger partial charge in [-0.1, -0.05) is 13.8 Å². The van der Waals surface area contributed by atoms with E-state index >= 15 is 0 Å². The van der Waals surface area contributed by atoms with Crippen molar-refractivity contribution in [1.82, 2.24) is 4.90 Å². The van der Waals surface area contributed by atoms with E-state index in [2.05, 4.69) is 18.7 Å². The zero-order valence-electron chi connectivity index (χ0n) is 13.6. The Morgan fingerprint density at radius 1 is 1.26 bits per heavy atom. The number of aryl methyl sites for hydroxylation is 1. The quantitative estimate of drug-likeness (QED) is 0.647. The number of carbonyl (C=O) groups excluding carboxylic acids is 1. The number of fused-ring (bicyclic) bond motifs is 1. The van der Waals surface area contributed by atoms with Crippen LogP contribution in [0.2, 0.25) is 0 Å².